The molecule has 0 radical (unpaired) electrons. The van der Waals surface area contributed by atoms with Gasteiger partial charge in [-0.05, 0) is 30.2 Å². The number of rotatable bonds is 6. The quantitative estimate of drug-likeness (QED) is 0.318. The molecule has 0 aliphatic carbocycles. The van der Waals surface area contributed by atoms with Crippen LogP contribution in [0.2, 0.25) is 5.02 Å². The molecule has 0 aliphatic rings. The van der Waals surface area contributed by atoms with Crippen LogP contribution in [0.4, 0.5) is 11.5 Å². The van der Waals surface area contributed by atoms with Crippen molar-refractivity contribution in [2.45, 2.75) is 19.8 Å². The molecule has 3 aromatic heterocycles. The molecule has 0 spiro atoms. The molecule has 1 amide bonds. The minimum atomic E-state index is -0.793. The molecule has 0 unspecified atom stereocenters. The number of aromatic amines is 1. The van der Waals surface area contributed by atoms with E-state index in [1.54, 1.807) is 12.1 Å². The van der Waals surface area contributed by atoms with E-state index in [1.807, 2.05) is 13.8 Å². The van der Waals surface area contributed by atoms with Gasteiger partial charge in [0.2, 0.25) is 5.95 Å². The molecule has 0 aliphatic heterocycles. The summed E-state index contributed by atoms with van der Waals surface area (Å²) in [6.07, 6.45) is 1.46. The molecule has 0 atom stereocenters. The molecule has 0 bridgehead atoms. The second-order valence-corrected chi connectivity index (χ2v) is 7.76. The molecule has 4 rings (SSSR count). The molecular weight excluding hydrogens is 452 g/mol. The van der Waals surface area contributed by atoms with Crippen LogP contribution >= 0.6 is 11.6 Å². The topological polar surface area (TPSA) is 149 Å². The van der Waals surface area contributed by atoms with Gasteiger partial charge in [-0.25, -0.2) is 4.98 Å². The average molecular weight is 469 g/mol. The average Bonchev–Trinajstić information content (AvgIpc) is 3.43. The third-order valence-electron chi connectivity index (χ3n) is 4.67. The maximum Gasteiger partial charge on any atom is 0.282 e. The first kappa shape index (κ1) is 22.0. The number of amides is 1. The smallest absolute Gasteiger partial charge is 0.282 e. The number of benzene rings is 1. The summed E-state index contributed by atoms with van der Waals surface area (Å²) < 4.78 is 6.60. The van der Waals surface area contributed by atoms with Gasteiger partial charge in [0, 0.05) is 23.2 Å². The minimum Gasteiger partial charge on any atom is -0.463 e. The molecule has 33 heavy (non-hydrogen) atoms. The largest absolute Gasteiger partial charge is 0.463 e. The lowest BCUT2D eigenvalue weighted by molar-refractivity contribution is -0.385. The highest BCUT2D eigenvalue weighted by molar-refractivity contribution is 6.31. The fourth-order valence-electron chi connectivity index (χ4n) is 3.07. The number of carbonyl (C=O) groups excluding carboxylic acids is 1. The number of nitro benzene ring substituents is 1. The van der Waals surface area contributed by atoms with Crippen LogP contribution in [0.1, 0.15) is 35.8 Å². The number of H-pyrrole nitrogens is 1. The zero-order valence-corrected chi connectivity index (χ0v) is 18.2. The molecule has 3 heterocycles. The Labute approximate surface area is 191 Å². The fraction of sp³-hybridized carbons (Fsp3) is 0.143. The summed E-state index contributed by atoms with van der Waals surface area (Å²) in [4.78, 5) is 42.9. The lowest BCUT2D eigenvalue weighted by Gasteiger charge is -2.10. The van der Waals surface area contributed by atoms with E-state index in [0.717, 1.165) is 6.07 Å². The van der Waals surface area contributed by atoms with Gasteiger partial charge in [0.05, 0.1) is 16.9 Å². The highest BCUT2D eigenvalue weighted by Crippen LogP contribution is 2.27. The van der Waals surface area contributed by atoms with E-state index < -0.39 is 22.1 Å². The molecule has 2 N–H and O–H groups in total. The van der Waals surface area contributed by atoms with Crippen molar-refractivity contribution in [1.29, 1.82) is 0 Å². The Hall–Kier alpha value is -4.25. The van der Waals surface area contributed by atoms with E-state index in [9.17, 15) is 19.7 Å². The molecule has 168 valence electrons. The summed E-state index contributed by atoms with van der Waals surface area (Å²) >= 11 is 5.95. The van der Waals surface area contributed by atoms with Gasteiger partial charge >= 0.3 is 0 Å². The molecule has 11 nitrogen and oxygen atoms in total. The fourth-order valence-corrected chi connectivity index (χ4v) is 3.24. The van der Waals surface area contributed by atoms with E-state index in [-0.39, 0.29) is 28.3 Å². The van der Waals surface area contributed by atoms with E-state index in [2.05, 4.69) is 20.4 Å². The highest BCUT2D eigenvalue weighted by Gasteiger charge is 2.23. The Balaban J connectivity index is 1.82. The van der Waals surface area contributed by atoms with Crippen LogP contribution in [0, 0.1) is 10.1 Å². The van der Waals surface area contributed by atoms with Crippen molar-refractivity contribution in [2.24, 2.45) is 0 Å². The first-order valence-electron chi connectivity index (χ1n) is 9.74. The molecular formula is C21H17ClN6O5. The third-order valence-corrected chi connectivity index (χ3v) is 4.90. The van der Waals surface area contributed by atoms with Gasteiger partial charge in [-0.3, -0.25) is 24.7 Å². The lowest BCUT2D eigenvalue weighted by Crippen LogP contribution is -2.20. The molecule has 0 fully saturated rings. The predicted molar refractivity (Wildman–Crippen MR) is 120 cm³/mol. The maximum absolute atomic E-state index is 13.0. The van der Waals surface area contributed by atoms with Crippen molar-refractivity contribution in [3.05, 3.63) is 85.5 Å². The van der Waals surface area contributed by atoms with Gasteiger partial charge in [-0.2, -0.15) is 9.78 Å². The summed E-state index contributed by atoms with van der Waals surface area (Å²) in [7, 11) is 0. The van der Waals surface area contributed by atoms with Gasteiger partial charge in [0.15, 0.2) is 5.76 Å². The number of furan rings is 1. The second kappa shape index (κ2) is 8.71. The Morgan fingerprint density at radius 3 is 2.73 bits per heavy atom. The molecule has 0 saturated carbocycles. The van der Waals surface area contributed by atoms with Crippen molar-refractivity contribution >= 4 is 29.0 Å². The van der Waals surface area contributed by atoms with E-state index in [4.69, 9.17) is 16.0 Å². The van der Waals surface area contributed by atoms with Crippen LogP contribution in [-0.4, -0.2) is 30.6 Å². The predicted octanol–water partition coefficient (Wildman–Crippen LogP) is 4.15. The van der Waals surface area contributed by atoms with Crippen molar-refractivity contribution in [1.82, 2.24) is 19.7 Å². The minimum absolute atomic E-state index is 0.0432. The first-order valence-corrected chi connectivity index (χ1v) is 10.1. The van der Waals surface area contributed by atoms with Gasteiger partial charge in [0.1, 0.15) is 17.1 Å². The van der Waals surface area contributed by atoms with E-state index in [0.29, 0.717) is 17.1 Å². The van der Waals surface area contributed by atoms with Crippen molar-refractivity contribution < 1.29 is 14.1 Å². The number of aromatic nitrogens is 4. The molecule has 12 heteroatoms. The summed E-state index contributed by atoms with van der Waals surface area (Å²) in [5.74, 6) is -0.276. The Bertz CT molecular complexity index is 1410. The Morgan fingerprint density at radius 2 is 2.06 bits per heavy atom. The van der Waals surface area contributed by atoms with Crippen LogP contribution in [0.3, 0.4) is 0 Å². The van der Waals surface area contributed by atoms with Gasteiger partial charge in [-0.1, -0.05) is 25.4 Å². The number of nitrogens with zero attached hydrogens (tertiary/aromatic N) is 4. The number of anilines is 1. The normalized spacial score (nSPS) is 11.0. The van der Waals surface area contributed by atoms with Crippen LogP contribution in [0.25, 0.3) is 17.4 Å². The van der Waals surface area contributed by atoms with Crippen molar-refractivity contribution in [2.75, 3.05) is 5.32 Å². The first-order chi connectivity index (χ1) is 15.7. The number of nitrogens with one attached hydrogen (secondary N) is 2. The summed E-state index contributed by atoms with van der Waals surface area (Å²) in [6, 6.07) is 9.87. The summed E-state index contributed by atoms with van der Waals surface area (Å²) in [5, 5.41) is 18.5. The maximum atomic E-state index is 13.0. The van der Waals surface area contributed by atoms with Gasteiger partial charge in [-0.15, -0.1) is 0 Å². The number of nitro groups is 1. The number of carbonyl (C=O) groups is 1. The van der Waals surface area contributed by atoms with E-state index >= 15 is 0 Å². The molecule has 4 aromatic rings. The SMILES string of the molecule is CC(C)c1cc(=O)[nH]c(-n2nc(-c3ccco3)cc2NC(=O)c2cc(Cl)ccc2[N+](=O)[O-])n1. The van der Waals surface area contributed by atoms with Crippen LogP contribution in [0.5, 0.6) is 0 Å². The molecule has 1 aromatic carbocycles. The number of hydrogen-bond donors (Lipinski definition) is 2. The number of halogens is 1. The molecule has 0 saturated heterocycles. The summed E-state index contributed by atoms with van der Waals surface area (Å²) in [5.41, 5.74) is -0.193. The van der Waals surface area contributed by atoms with E-state index in [1.165, 1.54) is 35.2 Å². The number of hydrogen-bond acceptors (Lipinski definition) is 7. The zero-order valence-electron chi connectivity index (χ0n) is 17.4. The van der Waals surface area contributed by atoms with Crippen LogP contribution in [0.15, 0.2) is 57.9 Å². The Morgan fingerprint density at radius 1 is 1.27 bits per heavy atom. The summed E-state index contributed by atoms with van der Waals surface area (Å²) in [6.45, 7) is 3.76. The Kier molecular flexibility index (Phi) is 5.80. The monoisotopic (exact) mass is 468 g/mol. The van der Waals surface area contributed by atoms with Gasteiger partial charge in [0.25, 0.3) is 17.2 Å². The second-order valence-electron chi connectivity index (χ2n) is 7.33. The van der Waals surface area contributed by atoms with Crippen LogP contribution < -0.4 is 10.9 Å². The zero-order chi connectivity index (χ0) is 23.7. The van der Waals surface area contributed by atoms with Crippen molar-refractivity contribution in [3.63, 3.8) is 0 Å². The van der Waals surface area contributed by atoms with Crippen molar-refractivity contribution in [3.8, 4) is 17.4 Å². The third kappa shape index (κ3) is 4.53. The van der Waals surface area contributed by atoms with Gasteiger partial charge < -0.3 is 9.73 Å². The highest BCUT2D eigenvalue weighted by atomic mass is 35.5. The lowest BCUT2D eigenvalue weighted by atomic mass is 10.1. The standard InChI is InChI=1S/C21H17ClN6O5/c1-11(2)14-10-19(29)25-21(23-14)27-18(9-15(26-27)17-4-3-7-33-17)24-20(30)13-8-12(22)5-6-16(13)28(31)32/h3-11H,1-2H3,(H,24,30)(H,23,25,29). The van der Waals surface area contributed by atoms with Crippen LogP contribution in [-0.2, 0) is 0 Å².